The van der Waals surface area contributed by atoms with Gasteiger partial charge < -0.3 is 14.5 Å². The average Bonchev–Trinajstić information content (AvgIpc) is 3.30. The third-order valence-electron chi connectivity index (χ3n) is 5.95. The van der Waals surface area contributed by atoms with Gasteiger partial charge in [0.2, 0.25) is 5.91 Å². The van der Waals surface area contributed by atoms with Crippen LogP contribution in [0.1, 0.15) is 43.3 Å². The summed E-state index contributed by atoms with van der Waals surface area (Å²) in [5.41, 5.74) is 0.833. The number of aromatic nitrogens is 1. The van der Waals surface area contributed by atoms with Crippen LogP contribution in [0.4, 0.5) is 0 Å². The summed E-state index contributed by atoms with van der Waals surface area (Å²) in [7, 11) is 0. The van der Waals surface area contributed by atoms with Crippen LogP contribution < -0.4 is 0 Å². The van der Waals surface area contributed by atoms with Gasteiger partial charge in [-0.2, -0.15) is 0 Å². The second kappa shape index (κ2) is 6.39. The van der Waals surface area contributed by atoms with Crippen LogP contribution in [0.2, 0.25) is 0 Å². The lowest BCUT2D eigenvalue weighted by Gasteiger charge is -2.51. The predicted molar refractivity (Wildman–Crippen MR) is 93.9 cm³/mol. The van der Waals surface area contributed by atoms with Crippen molar-refractivity contribution in [1.29, 1.82) is 0 Å². The van der Waals surface area contributed by atoms with E-state index in [-0.39, 0.29) is 24.2 Å². The SMILES string of the molecule is Cc1nc(CN2C(=O)COC3(CCN(CC4CC4)CC3)[C@H]2C)cs1. The number of amides is 1. The summed E-state index contributed by atoms with van der Waals surface area (Å²) in [5.74, 6) is 1.04. The fourth-order valence-electron chi connectivity index (χ4n) is 4.13. The zero-order chi connectivity index (χ0) is 16.7. The van der Waals surface area contributed by atoms with Crippen molar-refractivity contribution in [3.8, 4) is 0 Å². The zero-order valence-corrected chi connectivity index (χ0v) is 15.5. The fourth-order valence-corrected chi connectivity index (χ4v) is 4.74. The van der Waals surface area contributed by atoms with Gasteiger partial charge in [-0.05, 0) is 45.4 Å². The molecule has 5 nitrogen and oxygen atoms in total. The molecule has 1 spiro atoms. The number of carbonyl (C=O) groups excluding carboxylic acids is 1. The molecule has 3 fully saturated rings. The molecule has 3 heterocycles. The smallest absolute Gasteiger partial charge is 0.249 e. The van der Waals surface area contributed by atoms with Gasteiger partial charge in [0.05, 0.1) is 28.9 Å². The number of ether oxygens (including phenoxy) is 1. The highest BCUT2D eigenvalue weighted by atomic mass is 32.1. The van der Waals surface area contributed by atoms with Gasteiger partial charge in [-0.1, -0.05) is 0 Å². The summed E-state index contributed by atoms with van der Waals surface area (Å²) in [6.45, 7) is 8.45. The second-order valence-electron chi connectivity index (χ2n) is 7.65. The number of hydrogen-bond acceptors (Lipinski definition) is 5. The molecular weight excluding hydrogens is 322 g/mol. The molecular formula is C18H27N3O2S. The first-order valence-electron chi connectivity index (χ1n) is 9.12. The van der Waals surface area contributed by atoms with Gasteiger partial charge in [0.25, 0.3) is 0 Å². The Kier molecular flexibility index (Phi) is 4.39. The van der Waals surface area contributed by atoms with Gasteiger partial charge in [-0.15, -0.1) is 11.3 Å². The summed E-state index contributed by atoms with van der Waals surface area (Å²) >= 11 is 1.65. The Morgan fingerprint density at radius 3 is 2.75 bits per heavy atom. The molecule has 2 aliphatic heterocycles. The number of morpholine rings is 1. The topological polar surface area (TPSA) is 45.7 Å². The number of hydrogen-bond donors (Lipinski definition) is 0. The summed E-state index contributed by atoms with van der Waals surface area (Å²) < 4.78 is 6.14. The molecule has 132 valence electrons. The minimum Gasteiger partial charge on any atom is -0.363 e. The van der Waals surface area contributed by atoms with Crippen molar-refractivity contribution in [1.82, 2.24) is 14.8 Å². The monoisotopic (exact) mass is 349 g/mol. The molecule has 0 unspecified atom stereocenters. The van der Waals surface area contributed by atoms with Gasteiger partial charge in [0, 0.05) is 25.0 Å². The predicted octanol–water partition coefficient (Wildman–Crippen LogP) is 2.44. The lowest BCUT2D eigenvalue weighted by molar-refractivity contribution is -0.188. The standard InChI is InChI=1S/C18H27N3O2S/c1-13-18(5-7-20(8-6-18)9-15-3-4-15)23-11-17(22)21(13)10-16-12-24-14(2)19-16/h12-13,15H,3-11H2,1-2H3/t13-/m1/s1. The van der Waals surface area contributed by atoms with Crippen LogP contribution in [0.3, 0.4) is 0 Å². The van der Waals surface area contributed by atoms with E-state index in [4.69, 9.17) is 4.74 Å². The maximum Gasteiger partial charge on any atom is 0.249 e. The minimum absolute atomic E-state index is 0.0965. The highest BCUT2D eigenvalue weighted by Crippen LogP contribution is 2.38. The highest BCUT2D eigenvalue weighted by molar-refractivity contribution is 7.09. The van der Waals surface area contributed by atoms with Crippen molar-refractivity contribution in [2.45, 2.75) is 57.7 Å². The molecule has 0 N–H and O–H groups in total. The summed E-state index contributed by atoms with van der Waals surface area (Å²) in [5, 5.41) is 3.12. The van der Waals surface area contributed by atoms with Gasteiger partial charge in [0.1, 0.15) is 6.61 Å². The fraction of sp³-hybridized carbons (Fsp3) is 0.778. The molecule has 1 aliphatic carbocycles. The van der Waals surface area contributed by atoms with Crippen molar-refractivity contribution in [3.05, 3.63) is 16.1 Å². The molecule has 0 radical (unpaired) electrons. The number of thiazole rings is 1. The molecule has 1 aromatic heterocycles. The van der Waals surface area contributed by atoms with Gasteiger partial charge in [-0.3, -0.25) is 4.79 Å². The van der Waals surface area contributed by atoms with Crippen LogP contribution in [-0.2, 0) is 16.1 Å². The Morgan fingerprint density at radius 2 is 2.12 bits per heavy atom. The van der Waals surface area contributed by atoms with E-state index in [1.165, 1.54) is 19.4 Å². The largest absolute Gasteiger partial charge is 0.363 e. The quantitative estimate of drug-likeness (QED) is 0.838. The molecule has 1 saturated carbocycles. The van der Waals surface area contributed by atoms with Crippen LogP contribution in [0.5, 0.6) is 0 Å². The van der Waals surface area contributed by atoms with Crippen LogP contribution in [0.15, 0.2) is 5.38 Å². The Balaban J connectivity index is 1.43. The van der Waals surface area contributed by atoms with Crippen molar-refractivity contribution in [2.75, 3.05) is 26.2 Å². The first-order chi connectivity index (χ1) is 11.6. The summed E-state index contributed by atoms with van der Waals surface area (Å²) in [6.07, 6.45) is 4.87. The highest BCUT2D eigenvalue weighted by Gasteiger charge is 2.48. The summed E-state index contributed by atoms with van der Waals surface area (Å²) in [6, 6.07) is 0.115. The molecule has 4 rings (SSSR count). The molecule has 1 atom stereocenters. The van der Waals surface area contributed by atoms with Gasteiger partial charge >= 0.3 is 0 Å². The van der Waals surface area contributed by atoms with E-state index in [2.05, 4.69) is 22.2 Å². The van der Waals surface area contributed by atoms with Crippen LogP contribution in [-0.4, -0.2) is 58.6 Å². The maximum atomic E-state index is 12.4. The van der Waals surface area contributed by atoms with E-state index < -0.39 is 0 Å². The van der Waals surface area contributed by atoms with Crippen LogP contribution in [0.25, 0.3) is 0 Å². The number of rotatable bonds is 4. The van der Waals surface area contributed by atoms with Gasteiger partial charge in [0.15, 0.2) is 0 Å². The molecule has 6 heteroatoms. The normalized spacial score (nSPS) is 27.8. The lowest BCUT2D eigenvalue weighted by atomic mass is 9.82. The molecule has 1 aromatic rings. The molecule has 3 aliphatic rings. The van der Waals surface area contributed by atoms with Crippen LogP contribution in [0, 0.1) is 12.8 Å². The number of carbonyl (C=O) groups is 1. The summed E-state index contributed by atoms with van der Waals surface area (Å²) in [4.78, 5) is 21.5. The average molecular weight is 350 g/mol. The lowest BCUT2D eigenvalue weighted by Crippen LogP contribution is -2.63. The van der Waals surface area contributed by atoms with E-state index in [0.717, 1.165) is 42.6 Å². The van der Waals surface area contributed by atoms with Crippen molar-refractivity contribution in [3.63, 3.8) is 0 Å². The Morgan fingerprint density at radius 1 is 1.38 bits per heavy atom. The zero-order valence-electron chi connectivity index (χ0n) is 14.7. The third kappa shape index (κ3) is 3.24. The Bertz CT molecular complexity index is 605. The van der Waals surface area contributed by atoms with E-state index >= 15 is 0 Å². The Labute approximate surface area is 148 Å². The molecule has 24 heavy (non-hydrogen) atoms. The minimum atomic E-state index is -0.168. The third-order valence-corrected chi connectivity index (χ3v) is 6.77. The van der Waals surface area contributed by atoms with Gasteiger partial charge in [-0.25, -0.2) is 4.98 Å². The first kappa shape index (κ1) is 16.5. The number of piperidine rings is 1. The number of aryl methyl sites for hydroxylation is 1. The number of likely N-dealkylation sites (tertiary alicyclic amines) is 1. The molecule has 0 aromatic carbocycles. The maximum absolute atomic E-state index is 12.4. The van der Waals surface area contributed by atoms with Crippen molar-refractivity contribution in [2.24, 2.45) is 5.92 Å². The molecule has 2 saturated heterocycles. The second-order valence-corrected chi connectivity index (χ2v) is 8.72. The van der Waals surface area contributed by atoms with Crippen molar-refractivity contribution >= 4 is 17.2 Å². The van der Waals surface area contributed by atoms with E-state index in [0.29, 0.717) is 6.54 Å². The number of nitrogens with zero attached hydrogens (tertiary/aromatic N) is 3. The van der Waals surface area contributed by atoms with E-state index in [9.17, 15) is 4.79 Å². The Hall–Kier alpha value is -0.980. The van der Waals surface area contributed by atoms with Crippen molar-refractivity contribution < 1.29 is 9.53 Å². The van der Waals surface area contributed by atoms with Crippen LogP contribution >= 0.6 is 11.3 Å². The van der Waals surface area contributed by atoms with E-state index in [1.807, 2.05) is 11.8 Å². The molecule has 1 amide bonds. The molecule has 0 bridgehead atoms. The first-order valence-corrected chi connectivity index (χ1v) is 10.0. The van der Waals surface area contributed by atoms with E-state index in [1.54, 1.807) is 11.3 Å².